The van der Waals surface area contributed by atoms with Gasteiger partial charge in [0.15, 0.2) is 0 Å². The summed E-state index contributed by atoms with van der Waals surface area (Å²) in [6.07, 6.45) is 0. The second-order valence-electron chi connectivity index (χ2n) is 6.79. The summed E-state index contributed by atoms with van der Waals surface area (Å²) in [6.45, 7) is 6.01. The Bertz CT molecular complexity index is 1020. The van der Waals surface area contributed by atoms with E-state index in [1.165, 1.54) is 25.3 Å². The van der Waals surface area contributed by atoms with Gasteiger partial charge in [0.05, 0.1) is 22.6 Å². The Morgan fingerprint density at radius 1 is 0.962 bits per heavy atom. The van der Waals surface area contributed by atoms with Gasteiger partial charge in [-0.1, -0.05) is 32.9 Å². The first-order valence-electron chi connectivity index (χ1n) is 7.69. The molecule has 0 spiro atoms. The number of primary sulfonamides is 1. The molecule has 0 amide bonds. The topological polar surface area (TPSA) is 116 Å². The molecule has 7 nitrogen and oxygen atoms in total. The largest absolute Gasteiger partial charge is 0.495 e. The summed E-state index contributed by atoms with van der Waals surface area (Å²) in [6, 6.07) is 10.1. The van der Waals surface area contributed by atoms with E-state index < -0.39 is 20.0 Å². The third-order valence-electron chi connectivity index (χ3n) is 3.75. The summed E-state index contributed by atoms with van der Waals surface area (Å²) < 4.78 is 56.0. The van der Waals surface area contributed by atoms with Crippen molar-refractivity contribution < 1.29 is 21.6 Å². The van der Waals surface area contributed by atoms with E-state index >= 15 is 0 Å². The van der Waals surface area contributed by atoms with Gasteiger partial charge in [-0.15, -0.1) is 0 Å². The van der Waals surface area contributed by atoms with Crippen LogP contribution in [-0.4, -0.2) is 23.9 Å². The van der Waals surface area contributed by atoms with Crippen LogP contribution in [0.1, 0.15) is 26.3 Å². The molecule has 9 heteroatoms. The van der Waals surface area contributed by atoms with Crippen LogP contribution in [0.5, 0.6) is 5.75 Å². The van der Waals surface area contributed by atoms with E-state index in [0.717, 1.165) is 11.6 Å². The SMILES string of the molecule is COc1ccc(C(C)(C)C)cc1NS(=O)(=O)c1cccc(S(N)(=O)=O)c1. The zero-order valence-electron chi connectivity index (χ0n) is 15.0. The average Bonchev–Trinajstić information content (AvgIpc) is 2.53. The lowest BCUT2D eigenvalue weighted by atomic mass is 9.87. The number of anilines is 1. The van der Waals surface area contributed by atoms with Crippen molar-refractivity contribution in [2.75, 3.05) is 11.8 Å². The molecular weight excluding hydrogens is 376 g/mol. The molecule has 0 saturated heterocycles. The molecule has 0 fully saturated rings. The van der Waals surface area contributed by atoms with E-state index in [2.05, 4.69) is 4.72 Å². The lowest BCUT2D eigenvalue weighted by molar-refractivity contribution is 0.416. The van der Waals surface area contributed by atoms with Gasteiger partial charge in [0.1, 0.15) is 5.75 Å². The summed E-state index contributed by atoms with van der Waals surface area (Å²) in [5, 5.41) is 5.07. The molecule has 0 saturated carbocycles. The Morgan fingerprint density at radius 3 is 2.12 bits per heavy atom. The van der Waals surface area contributed by atoms with Crippen LogP contribution >= 0.6 is 0 Å². The quantitative estimate of drug-likeness (QED) is 0.802. The van der Waals surface area contributed by atoms with Crippen molar-refractivity contribution in [1.29, 1.82) is 0 Å². The van der Waals surface area contributed by atoms with Gasteiger partial charge in [0.2, 0.25) is 10.0 Å². The van der Waals surface area contributed by atoms with Gasteiger partial charge in [0.25, 0.3) is 10.0 Å². The molecule has 0 atom stereocenters. The van der Waals surface area contributed by atoms with Gasteiger partial charge in [0, 0.05) is 0 Å². The highest BCUT2D eigenvalue weighted by Crippen LogP contribution is 2.33. The summed E-state index contributed by atoms with van der Waals surface area (Å²) in [5.74, 6) is 0.351. The van der Waals surface area contributed by atoms with Crippen LogP contribution in [0, 0.1) is 0 Å². The van der Waals surface area contributed by atoms with Crippen molar-refractivity contribution in [2.24, 2.45) is 5.14 Å². The molecule has 0 aliphatic heterocycles. The van der Waals surface area contributed by atoms with Crippen LogP contribution in [0.15, 0.2) is 52.3 Å². The standard InChI is InChI=1S/C17H22N2O5S2/c1-17(2,3)12-8-9-16(24-4)15(10-12)19-26(22,23)14-7-5-6-13(11-14)25(18,20)21/h5-11,19H,1-4H3,(H2,18,20,21). The van der Waals surface area contributed by atoms with Crippen molar-refractivity contribution in [3.63, 3.8) is 0 Å². The van der Waals surface area contributed by atoms with E-state index in [-0.39, 0.29) is 20.9 Å². The molecule has 26 heavy (non-hydrogen) atoms. The highest BCUT2D eigenvalue weighted by atomic mass is 32.2. The number of methoxy groups -OCH3 is 1. The summed E-state index contributed by atoms with van der Waals surface area (Å²) >= 11 is 0. The third-order valence-corrected chi connectivity index (χ3v) is 6.03. The fourth-order valence-electron chi connectivity index (χ4n) is 2.28. The maximum atomic E-state index is 12.7. The number of sulfonamides is 2. The van der Waals surface area contributed by atoms with Gasteiger partial charge in [-0.3, -0.25) is 4.72 Å². The number of hydrogen-bond acceptors (Lipinski definition) is 5. The number of nitrogens with two attached hydrogens (primary N) is 1. The predicted octanol–water partition coefficient (Wildman–Crippen LogP) is 2.44. The maximum Gasteiger partial charge on any atom is 0.262 e. The molecule has 2 aromatic rings. The predicted molar refractivity (Wildman–Crippen MR) is 100 cm³/mol. The third kappa shape index (κ3) is 4.54. The fraction of sp³-hybridized carbons (Fsp3) is 0.294. The van der Waals surface area contributed by atoms with E-state index in [0.29, 0.717) is 5.75 Å². The molecule has 2 aromatic carbocycles. The Morgan fingerprint density at radius 2 is 1.58 bits per heavy atom. The second-order valence-corrected chi connectivity index (χ2v) is 10.0. The van der Waals surface area contributed by atoms with E-state index in [1.807, 2.05) is 26.8 Å². The summed E-state index contributed by atoms with van der Waals surface area (Å²) in [4.78, 5) is -0.497. The van der Waals surface area contributed by atoms with Crippen LogP contribution in [0.4, 0.5) is 5.69 Å². The molecule has 0 heterocycles. The van der Waals surface area contributed by atoms with Crippen molar-refractivity contribution in [3.05, 3.63) is 48.0 Å². The molecule has 0 bridgehead atoms. The number of hydrogen-bond donors (Lipinski definition) is 2. The number of nitrogens with one attached hydrogen (secondary N) is 1. The zero-order chi connectivity index (χ0) is 19.8. The number of ether oxygens (including phenoxy) is 1. The molecule has 3 N–H and O–H groups in total. The molecule has 0 aliphatic carbocycles. The van der Waals surface area contributed by atoms with E-state index in [1.54, 1.807) is 12.1 Å². The van der Waals surface area contributed by atoms with Crippen molar-refractivity contribution in [3.8, 4) is 5.75 Å². The average molecular weight is 399 g/mol. The van der Waals surface area contributed by atoms with Gasteiger partial charge in [-0.2, -0.15) is 0 Å². The van der Waals surface area contributed by atoms with Crippen molar-refractivity contribution >= 4 is 25.7 Å². The molecule has 2 rings (SSSR count). The Hall–Kier alpha value is -2.10. The van der Waals surface area contributed by atoms with Gasteiger partial charge in [-0.05, 0) is 41.3 Å². The minimum atomic E-state index is -4.04. The monoisotopic (exact) mass is 398 g/mol. The second kappa shape index (κ2) is 6.90. The van der Waals surface area contributed by atoms with Crippen LogP contribution in [-0.2, 0) is 25.5 Å². The van der Waals surface area contributed by atoms with Crippen molar-refractivity contribution in [1.82, 2.24) is 0 Å². The highest BCUT2D eigenvalue weighted by molar-refractivity contribution is 7.93. The van der Waals surface area contributed by atoms with Gasteiger partial charge < -0.3 is 4.74 Å². The molecule has 0 radical (unpaired) electrons. The molecule has 0 unspecified atom stereocenters. The lowest BCUT2D eigenvalue weighted by Crippen LogP contribution is -2.17. The summed E-state index contributed by atoms with van der Waals surface area (Å²) in [7, 11) is -6.62. The van der Waals surface area contributed by atoms with Crippen molar-refractivity contribution in [2.45, 2.75) is 36.0 Å². The molecule has 0 aliphatic rings. The fourth-order valence-corrected chi connectivity index (χ4v) is 4.02. The van der Waals surface area contributed by atoms with Crippen LogP contribution in [0.25, 0.3) is 0 Å². The maximum absolute atomic E-state index is 12.7. The summed E-state index contributed by atoms with van der Waals surface area (Å²) in [5.41, 5.74) is 0.982. The van der Waals surface area contributed by atoms with Crippen LogP contribution in [0.3, 0.4) is 0 Å². The smallest absolute Gasteiger partial charge is 0.262 e. The number of rotatable bonds is 5. The first kappa shape index (κ1) is 20.2. The minimum absolute atomic E-state index is 0.194. The highest BCUT2D eigenvalue weighted by Gasteiger charge is 2.21. The zero-order valence-corrected chi connectivity index (χ0v) is 16.6. The first-order valence-corrected chi connectivity index (χ1v) is 10.7. The Kier molecular flexibility index (Phi) is 5.36. The minimum Gasteiger partial charge on any atom is -0.495 e. The molecule has 142 valence electrons. The van der Waals surface area contributed by atoms with Crippen LogP contribution in [0.2, 0.25) is 0 Å². The Balaban J connectivity index is 2.50. The van der Waals surface area contributed by atoms with Crippen LogP contribution < -0.4 is 14.6 Å². The lowest BCUT2D eigenvalue weighted by Gasteiger charge is -2.21. The molecular formula is C17H22N2O5S2. The Labute approximate surface area is 154 Å². The van der Waals surface area contributed by atoms with Gasteiger partial charge in [-0.25, -0.2) is 22.0 Å². The van der Waals surface area contributed by atoms with E-state index in [4.69, 9.17) is 9.88 Å². The first-order chi connectivity index (χ1) is 11.8. The van der Waals surface area contributed by atoms with Gasteiger partial charge >= 0.3 is 0 Å². The molecule has 0 aromatic heterocycles. The van der Waals surface area contributed by atoms with E-state index in [9.17, 15) is 16.8 Å². The normalized spacial score (nSPS) is 12.7. The number of benzene rings is 2.